The van der Waals surface area contributed by atoms with Gasteiger partial charge in [0.1, 0.15) is 0 Å². The lowest BCUT2D eigenvalue weighted by molar-refractivity contribution is -0.114. The Morgan fingerprint density at radius 1 is 0.667 bits per heavy atom. The first-order chi connectivity index (χ1) is 10.9. The second-order valence-electron chi connectivity index (χ2n) is 10.2. The molecule has 4 nitrogen and oxygen atoms in total. The third kappa shape index (κ3) is 4.57. The van der Waals surface area contributed by atoms with Crippen LogP contribution in [0.1, 0.15) is 80.1 Å². The van der Waals surface area contributed by atoms with Crippen molar-refractivity contribution < 1.29 is 9.47 Å². The summed E-state index contributed by atoms with van der Waals surface area (Å²) in [5.74, 6) is 1.18. The number of azo groups is 1. The molecule has 2 fully saturated rings. The molecule has 4 heteroatoms. The Bertz CT molecular complexity index is 432. The molecule has 0 heterocycles. The van der Waals surface area contributed by atoms with Crippen molar-refractivity contribution in [2.75, 3.05) is 14.2 Å². The van der Waals surface area contributed by atoms with Crippen LogP contribution in [0.2, 0.25) is 0 Å². The molecule has 4 atom stereocenters. The van der Waals surface area contributed by atoms with E-state index in [4.69, 9.17) is 19.7 Å². The van der Waals surface area contributed by atoms with E-state index >= 15 is 0 Å². The molecule has 0 bridgehead atoms. The summed E-state index contributed by atoms with van der Waals surface area (Å²) in [5.41, 5.74) is -0.548. The standard InChI is InChI=1S/C20H38N2O2/c1-15-9-17(3,4)13-19(11-15,23-7)21-22-20(24-8)12-16(2)10-18(5,6)14-20/h15-16H,9-14H2,1-8H3. The minimum Gasteiger partial charge on any atom is -0.355 e. The van der Waals surface area contributed by atoms with Crippen LogP contribution in [0.5, 0.6) is 0 Å². The van der Waals surface area contributed by atoms with Crippen LogP contribution in [0.15, 0.2) is 10.2 Å². The molecule has 140 valence electrons. The molecule has 2 saturated carbocycles. The van der Waals surface area contributed by atoms with Crippen molar-refractivity contribution in [3.8, 4) is 0 Å². The predicted octanol–water partition coefficient (Wildman–Crippen LogP) is 5.82. The molecular formula is C20H38N2O2. The highest BCUT2D eigenvalue weighted by Crippen LogP contribution is 2.49. The highest BCUT2D eigenvalue weighted by atomic mass is 16.5. The van der Waals surface area contributed by atoms with Crippen molar-refractivity contribution in [1.82, 2.24) is 0 Å². The van der Waals surface area contributed by atoms with Gasteiger partial charge in [-0.15, -0.1) is 0 Å². The van der Waals surface area contributed by atoms with Crippen LogP contribution in [-0.4, -0.2) is 25.7 Å². The van der Waals surface area contributed by atoms with Crippen molar-refractivity contribution in [3.05, 3.63) is 0 Å². The zero-order chi connectivity index (χ0) is 18.2. The van der Waals surface area contributed by atoms with E-state index in [2.05, 4.69) is 41.5 Å². The summed E-state index contributed by atoms with van der Waals surface area (Å²) >= 11 is 0. The normalized spacial score (nSPS) is 42.3. The third-order valence-electron chi connectivity index (χ3n) is 5.82. The van der Waals surface area contributed by atoms with Gasteiger partial charge in [-0.3, -0.25) is 0 Å². The molecule has 2 rings (SSSR count). The average Bonchev–Trinajstić information content (AvgIpc) is 2.41. The average molecular weight is 339 g/mol. The molecule has 2 aliphatic rings. The molecule has 4 unspecified atom stereocenters. The maximum atomic E-state index is 5.93. The quantitative estimate of drug-likeness (QED) is 0.606. The molecular weight excluding hydrogens is 300 g/mol. The fourth-order valence-electron chi connectivity index (χ4n) is 5.63. The lowest BCUT2D eigenvalue weighted by Gasteiger charge is -2.46. The van der Waals surface area contributed by atoms with Gasteiger partial charge in [-0.25, -0.2) is 0 Å². The molecule has 2 aliphatic carbocycles. The Kier molecular flexibility index (Phi) is 5.52. The van der Waals surface area contributed by atoms with Crippen molar-refractivity contribution in [2.45, 2.75) is 91.5 Å². The maximum Gasteiger partial charge on any atom is 0.179 e. The van der Waals surface area contributed by atoms with Crippen molar-refractivity contribution in [3.63, 3.8) is 0 Å². The van der Waals surface area contributed by atoms with Crippen LogP contribution in [0.3, 0.4) is 0 Å². The van der Waals surface area contributed by atoms with E-state index < -0.39 is 11.4 Å². The van der Waals surface area contributed by atoms with Gasteiger partial charge < -0.3 is 9.47 Å². The number of rotatable bonds is 4. The Balaban J connectivity index is 2.27. The van der Waals surface area contributed by atoms with Crippen molar-refractivity contribution in [1.29, 1.82) is 0 Å². The van der Waals surface area contributed by atoms with Crippen LogP contribution in [-0.2, 0) is 9.47 Å². The fourth-order valence-corrected chi connectivity index (χ4v) is 5.63. The Labute approximate surface area is 148 Å². The second-order valence-corrected chi connectivity index (χ2v) is 10.2. The van der Waals surface area contributed by atoms with Crippen LogP contribution >= 0.6 is 0 Å². The molecule has 0 aliphatic heterocycles. The Hall–Kier alpha value is -0.480. The number of hydrogen-bond acceptors (Lipinski definition) is 4. The molecule has 0 radical (unpaired) electrons. The number of methoxy groups -OCH3 is 2. The third-order valence-corrected chi connectivity index (χ3v) is 5.82. The largest absolute Gasteiger partial charge is 0.355 e. The maximum absolute atomic E-state index is 5.93. The molecule has 0 aromatic heterocycles. The van der Waals surface area contributed by atoms with E-state index in [1.165, 1.54) is 12.8 Å². The molecule has 0 spiro atoms. The summed E-state index contributed by atoms with van der Waals surface area (Å²) in [4.78, 5) is 0. The molecule has 0 amide bonds. The van der Waals surface area contributed by atoms with Crippen LogP contribution in [0.25, 0.3) is 0 Å². The minimum atomic E-state index is -0.502. The van der Waals surface area contributed by atoms with Gasteiger partial charge >= 0.3 is 0 Å². The molecule has 24 heavy (non-hydrogen) atoms. The number of nitrogens with zero attached hydrogens (tertiary/aromatic N) is 2. The van der Waals surface area contributed by atoms with E-state index in [1.807, 2.05) is 0 Å². The van der Waals surface area contributed by atoms with Gasteiger partial charge in [-0.05, 0) is 35.5 Å². The monoisotopic (exact) mass is 338 g/mol. The summed E-state index contributed by atoms with van der Waals surface area (Å²) in [6.45, 7) is 13.8. The first-order valence-corrected chi connectivity index (χ1v) is 9.49. The first kappa shape index (κ1) is 19.8. The topological polar surface area (TPSA) is 43.2 Å². The smallest absolute Gasteiger partial charge is 0.179 e. The van der Waals surface area contributed by atoms with Gasteiger partial charge in [-0.2, -0.15) is 10.2 Å². The van der Waals surface area contributed by atoms with Crippen LogP contribution < -0.4 is 0 Å². The van der Waals surface area contributed by atoms with Gasteiger partial charge in [0, 0.05) is 39.9 Å². The van der Waals surface area contributed by atoms with Gasteiger partial charge in [0.05, 0.1) is 0 Å². The van der Waals surface area contributed by atoms with Crippen molar-refractivity contribution in [2.24, 2.45) is 32.9 Å². The fraction of sp³-hybridized carbons (Fsp3) is 1.00. The Morgan fingerprint density at radius 2 is 1.00 bits per heavy atom. The zero-order valence-corrected chi connectivity index (χ0v) is 17.1. The number of hydrogen-bond donors (Lipinski definition) is 0. The molecule has 0 N–H and O–H groups in total. The van der Waals surface area contributed by atoms with Gasteiger partial charge in [0.2, 0.25) is 0 Å². The zero-order valence-electron chi connectivity index (χ0n) is 17.1. The highest BCUT2D eigenvalue weighted by molar-refractivity contribution is 4.95. The molecule has 0 aromatic rings. The summed E-state index contributed by atoms with van der Waals surface area (Å²) in [6, 6.07) is 0. The van der Waals surface area contributed by atoms with Crippen LogP contribution in [0, 0.1) is 22.7 Å². The van der Waals surface area contributed by atoms with E-state index in [9.17, 15) is 0 Å². The van der Waals surface area contributed by atoms with E-state index in [1.54, 1.807) is 14.2 Å². The molecule has 0 saturated heterocycles. The minimum absolute atomic E-state index is 0.228. The summed E-state index contributed by atoms with van der Waals surface area (Å²) in [5, 5.41) is 9.65. The lowest BCUT2D eigenvalue weighted by Crippen LogP contribution is -2.45. The Morgan fingerprint density at radius 3 is 1.25 bits per heavy atom. The van der Waals surface area contributed by atoms with Crippen molar-refractivity contribution >= 4 is 0 Å². The molecule has 0 aromatic carbocycles. The lowest BCUT2D eigenvalue weighted by atomic mass is 9.68. The van der Waals surface area contributed by atoms with E-state index in [0.717, 1.165) is 25.7 Å². The van der Waals surface area contributed by atoms with Gasteiger partial charge in [0.25, 0.3) is 0 Å². The highest BCUT2D eigenvalue weighted by Gasteiger charge is 2.47. The van der Waals surface area contributed by atoms with E-state index in [-0.39, 0.29) is 10.8 Å². The summed E-state index contributed by atoms with van der Waals surface area (Å²) < 4.78 is 11.9. The summed E-state index contributed by atoms with van der Waals surface area (Å²) in [6.07, 6.45) is 6.15. The number of ether oxygens (including phenoxy) is 2. The predicted molar refractivity (Wildman–Crippen MR) is 97.9 cm³/mol. The SMILES string of the molecule is COC1(N=NC2(OC)CC(C)CC(C)(C)C2)CC(C)CC(C)(C)C1. The van der Waals surface area contributed by atoms with Gasteiger partial charge in [-0.1, -0.05) is 41.5 Å². The second kappa shape index (κ2) is 6.68. The first-order valence-electron chi connectivity index (χ1n) is 9.49. The van der Waals surface area contributed by atoms with Crippen LogP contribution in [0.4, 0.5) is 0 Å². The van der Waals surface area contributed by atoms with E-state index in [0.29, 0.717) is 11.8 Å². The van der Waals surface area contributed by atoms with Gasteiger partial charge in [0.15, 0.2) is 11.4 Å². The summed E-state index contributed by atoms with van der Waals surface area (Å²) in [7, 11) is 3.56.